The zero-order valence-corrected chi connectivity index (χ0v) is 18.7. The summed E-state index contributed by atoms with van der Waals surface area (Å²) in [5.74, 6) is -3.74. The van der Waals surface area contributed by atoms with E-state index in [1.165, 1.54) is 39.0 Å². The Bertz CT molecular complexity index is 737. The second kappa shape index (κ2) is 12.4. The molecular weight excluding hydrogens is 478 g/mol. The fourth-order valence-corrected chi connectivity index (χ4v) is 4.08. The lowest BCUT2D eigenvalue weighted by Crippen LogP contribution is -2.44. The minimum Gasteiger partial charge on any atom is -0.475 e. The molecule has 2 aliphatic rings. The molecule has 3 rings (SSSR count). The molecule has 2 aliphatic heterocycles. The first-order valence-corrected chi connectivity index (χ1v) is 10.1. The van der Waals surface area contributed by atoms with Gasteiger partial charge in [-0.1, -0.05) is 0 Å². The second-order valence-electron chi connectivity index (χ2n) is 8.17. The van der Waals surface area contributed by atoms with Crippen molar-refractivity contribution in [1.82, 2.24) is 9.80 Å². The summed E-state index contributed by atoms with van der Waals surface area (Å²) in [6, 6.07) is 4.04. The van der Waals surface area contributed by atoms with Gasteiger partial charge < -0.3 is 24.3 Å². The van der Waals surface area contributed by atoms with Gasteiger partial charge in [0.05, 0.1) is 19.4 Å². The van der Waals surface area contributed by atoms with Gasteiger partial charge in [-0.3, -0.25) is 4.90 Å². The maximum atomic E-state index is 10.6. The van der Waals surface area contributed by atoms with Gasteiger partial charge >= 0.3 is 24.3 Å². The molecule has 34 heavy (non-hydrogen) atoms. The van der Waals surface area contributed by atoms with Gasteiger partial charge in [0.1, 0.15) is 5.76 Å². The van der Waals surface area contributed by atoms with Crippen molar-refractivity contribution in [3.63, 3.8) is 0 Å². The molecule has 196 valence electrons. The number of rotatable bonds is 4. The van der Waals surface area contributed by atoms with Gasteiger partial charge in [-0.25, -0.2) is 9.59 Å². The molecular formula is C20H28F6N2O6. The van der Waals surface area contributed by atoms with Crippen molar-refractivity contribution in [3.8, 4) is 0 Å². The van der Waals surface area contributed by atoms with Crippen molar-refractivity contribution in [3.05, 3.63) is 24.2 Å². The van der Waals surface area contributed by atoms with Gasteiger partial charge in [-0.2, -0.15) is 26.3 Å². The summed E-state index contributed by atoms with van der Waals surface area (Å²) in [6.07, 6.45) is -5.83. The fraction of sp³-hybridized carbons (Fsp3) is 0.700. The number of hydrogen-bond acceptors (Lipinski definition) is 6. The van der Waals surface area contributed by atoms with Crippen LogP contribution in [0.5, 0.6) is 0 Å². The number of carbonyl (C=O) groups is 2. The number of halogens is 6. The number of furan rings is 1. The van der Waals surface area contributed by atoms with E-state index in [1.54, 1.807) is 6.26 Å². The van der Waals surface area contributed by atoms with Crippen LogP contribution in [0.3, 0.4) is 0 Å². The van der Waals surface area contributed by atoms with Gasteiger partial charge in [-0.05, 0) is 50.5 Å². The number of hydrogen-bond donors (Lipinski definition) is 2. The van der Waals surface area contributed by atoms with Crippen molar-refractivity contribution in [2.45, 2.75) is 31.7 Å². The average Bonchev–Trinajstić information content (AvgIpc) is 3.32. The maximum Gasteiger partial charge on any atom is 0.490 e. The molecule has 2 N–H and O–H groups in total. The van der Waals surface area contributed by atoms with Crippen LogP contribution in [0, 0.1) is 11.3 Å². The van der Waals surface area contributed by atoms with Crippen molar-refractivity contribution in [2.75, 3.05) is 46.9 Å². The Morgan fingerprint density at radius 3 is 2.00 bits per heavy atom. The van der Waals surface area contributed by atoms with E-state index in [-0.39, 0.29) is 0 Å². The number of ether oxygens (including phenoxy) is 1. The molecule has 2 fully saturated rings. The van der Waals surface area contributed by atoms with Crippen LogP contribution < -0.4 is 0 Å². The summed E-state index contributed by atoms with van der Waals surface area (Å²) in [4.78, 5) is 22.8. The summed E-state index contributed by atoms with van der Waals surface area (Å²) in [5.41, 5.74) is 0.477. The Balaban J connectivity index is 0.000000343. The predicted molar refractivity (Wildman–Crippen MR) is 106 cm³/mol. The highest BCUT2D eigenvalue weighted by Gasteiger charge is 2.46. The third-order valence-corrected chi connectivity index (χ3v) is 5.65. The molecule has 1 aromatic heterocycles. The van der Waals surface area contributed by atoms with Gasteiger partial charge in [0.15, 0.2) is 0 Å². The van der Waals surface area contributed by atoms with E-state index in [0.29, 0.717) is 11.3 Å². The van der Waals surface area contributed by atoms with Crippen molar-refractivity contribution < 1.29 is 55.3 Å². The van der Waals surface area contributed by atoms with E-state index in [9.17, 15) is 26.3 Å². The van der Waals surface area contributed by atoms with E-state index >= 15 is 0 Å². The molecule has 0 amide bonds. The second-order valence-corrected chi connectivity index (χ2v) is 8.17. The molecule has 0 bridgehead atoms. The standard InChI is InChI=1S/C16H26N2O2.2C2HF3O2/c1-17-10-14(12-19-2)16(13-17)5-7-18(8-6-16)11-15-4-3-9-20-15;2*3-2(4,5)1(6)7/h3-4,9,14H,5-8,10-13H2,1-2H3;2*(H,6,7). The summed E-state index contributed by atoms with van der Waals surface area (Å²) in [7, 11) is 4.07. The Morgan fingerprint density at radius 2 is 1.62 bits per heavy atom. The summed E-state index contributed by atoms with van der Waals surface area (Å²) < 4.78 is 74.4. The number of nitrogens with zero attached hydrogens (tertiary/aromatic N) is 2. The highest BCUT2D eigenvalue weighted by molar-refractivity contribution is 5.73. The quantitative estimate of drug-likeness (QED) is 0.600. The monoisotopic (exact) mass is 506 g/mol. The van der Waals surface area contributed by atoms with Crippen LogP contribution in [0.25, 0.3) is 0 Å². The number of likely N-dealkylation sites (tertiary alicyclic amines) is 2. The minimum atomic E-state index is -5.08. The Labute approximate surface area is 192 Å². The lowest BCUT2D eigenvalue weighted by Gasteiger charge is -2.42. The zero-order chi connectivity index (χ0) is 26.2. The molecule has 8 nitrogen and oxygen atoms in total. The SMILES string of the molecule is COCC1CN(C)CC12CCN(Cc1ccco1)CC2.O=C(O)C(F)(F)F.O=C(O)C(F)(F)F. The summed E-state index contributed by atoms with van der Waals surface area (Å²) in [6.45, 7) is 6.63. The number of methoxy groups -OCH3 is 1. The lowest BCUT2D eigenvalue weighted by molar-refractivity contribution is -0.193. The molecule has 14 heteroatoms. The normalized spacial score (nSPS) is 20.8. The number of carboxylic acids is 2. The smallest absolute Gasteiger partial charge is 0.475 e. The number of carboxylic acid groups (broad SMARTS) is 2. The van der Waals surface area contributed by atoms with Crippen LogP contribution >= 0.6 is 0 Å². The lowest BCUT2D eigenvalue weighted by atomic mass is 9.71. The van der Waals surface area contributed by atoms with E-state index in [1.807, 2.05) is 13.2 Å². The van der Waals surface area contributed by atoms with Crippen molar-refractivity contribution >= 4 is 11.9 Å². The highest BCUT2D eigenvalue weighted by Crippen LogP contribution is 2.44. The number of aliphatic carboxylic acids is 2. The van der Waals surface area contributed by atoms with E-state index in [4.69, 9.17) is 29.0 Å². The van der Waals surface area contributed by atoms with Gasteiger partial charge in [0.2, 0.25) is 0 Å². The number of piperidine rings is 1. The summed E-state index contributed by atoms with van der Waals surface area (Å²) >= 11 is 0. The van der Waals surface area contributed by atoms with Gasteiger partial charge in [0, 0.05) is 26.1 Å². The number of alkyl halides is 6. The molecule has 1 atom stereocenters. The Kier molecular flexibility index (Phi) is 10.8. The molecule has 3 heterocycles. The third kappa shape index (κ3) is 9.50. The molecule has 1 unspecified atom stereocenters. The van der Waals surface area contributed by atoms with Crippen LogP contribution in [0.15, 0.2) is 22.8 Å². The highest BCUT2D eigenvalue weighted by atomic mass is 19.4. The Hall–Kier alpha value is -2.32. The summed E-state index contributed by atoms with van der Waals surface area (Å²) in [5, 5.41) is 14.2. The maximum absolute atomic E-state index is 10.6. The van der Waals surface area contributed by atoms with E-state index in [0.717, 1.165) is 18.9 Å². The topological polar surface area (TPSA) is 103 Å². The van der Waals surface area contributed by atoms with Crippen LogP contribution in [0.2, 0.25) is 0 Å². The van der Waals surface area contributed by atoms with E-state index < -0.39 is 24.3 Å². The largest absolute Gasteiger partial charge is 0.490 e. The van der Waals surface area contributed by atoms with Crippen LogP contribution in [-0.4, -0.2) is 91.2 Å². The molecule has 0 radical (unpaired) electrons. The molecule has 0 aromatic carbocycles. The molecule has 2 saturated heterocycles. The first-order chi connectivity index (χ1) is 15.6. The van der Waals surface area contributed by atoms with Gasteiger partial charge in [0.25, 0.3) is 0 Å². The third-order valence-electron chi connectivity index (χ3n) is 5.65. The minimum absolute atomic E-state index is 0.477. The van der Waals surface area contributed by atoms with Crippen molar-refractivity contribution in [2.24, 2.45) is 11.3 Å². The first-order valence-electron chi connectivity index (χ1n) is 10.1. The van der Waals surface area contributed by atoms with Gasteiger partial charge in [-0.15, -0.1) is 0 Å². The van der Waals surface area contributed by atoms with Crippen LogP contribution in [0.1, 0.15) is 18.6 Å². The first kappa shape index (κ1) is 29.7. The van der Waals surface area contributed by atoms with Crippen molar-refractivity contribution in [1.29, 1.82) is 0 Å². The fourth-order valence-electron chi connectivity index (χ4n) is 4.08. The molecule has 1 spiro atoms. The average molecular weight is 506 g/mol. The van der Waals surface area contributed by atoms with Crippen LogP contribution in [-0.2, 0) is 20.9 Å². The predicted octanol–water partition coefficient (Wildman–Crippen LogP) is 3.34. The molecule has 1 aromatic rings. The Morgan fingerprint density at radius 1 is 1.12 bits per heavy atom. The molecule has 0 aliphatic carbocycles. The van der Waals surface area contributed by atoms with E-state index in [2.05, 4.69) is 22.9 Å². The van der Waals surface area contributed by atoms with Crippen LogP contribution in [0.4, 0.5) is 26.3 Å². The molecule has 0 saturated carbocycles. The zero-order valence-electron chi connectivity index (χ0n) is 18.7.